The standard InChI is InChI=1S/C6H4N4O/c11-5-2-8-4-1-7-3-9-6(4)10-5/h1-4H. The van der Waals surface area contributed by atoms with E-state index in [0.29, 0.717) is 5.84 Å². The van der Waals surface area contributed by atoms with Gasteiger partial charge < -0.3 is 0 Å². The molecule has 0 radical (unpaired) electrons. The normalized spacial score (nSPS) is 26.7. The van der Waals surface area contributed by atoms with E-state index in [1.807, 2.05) is 0 Å². The Bertz CT molecular complexity index is 313. The Balaban J connectivity index is 2.39. The van der Waals surface area contributed by atoms with Crippen molar-refractivity contribution in [2.45, 2.75) is 6.04 Å². The lowest BCUT2D eigenvalue weighted by molar-refractivity contribution is -0.111. The molecule has 0 fully saturated rings. The van der Waals surface area contributed by atoms with Gasteiger partial charge in [0.05, 0.1) is 6.21 Å². The third kappa shape index (κ3) is 1.000. The number of fused-ring (bicyclic) bond motifs is 1. The molecule has 11 heavy (non-hydrogen) atoms. The van der Waals surface area contributed by atoms with Gasteiger partial charge in [0.25, 0.3) is 5.91 Å². The van der Waals surface area contributed by atoms with Gasteiger partial charge in [0.15, 0.2) is 5.84 Å². The van der Waals surface area contributed by atoms with E-state index >= 15 is 0 Å². The highest BCUT2D eigenvalue weighted by Gasteiger charge is 2.18. The van der Waals surface area contributed by atoms with Gasteiger partial charge in [-0.1, -0.05) is 0 Å². The number of aliphatic imine (C=N–C) groups is 4. The van der Waals surface area contributed by atoms with Crippen LogP contribution in [0, 0.1) is 0 Å². The minimum absolute atomic E-state index is 0.252. The molecule has 1 unspecified atom stereocenters. The molecule has 0 bridgehead atoms. The average molecular weight is 148 g/mol. The van der Waals surface area contributed by atoms with E-state index in [4.69, 9.17) is 0 Å². The Kier molecular flexibility index (Phi) is 1.21. The molecule has 0 aromatic carbocycles. The van der Waals surface area contributed by atoms with Crippen molar-refractivity contribution in [3.05, 3.63) is 0 Å². The van der Waals surface area contributed by atoms with E-state index < -0.39 is 0 Å². The number of amides is 1. The van der Waals surface area contributed by atoms with Crippen LogP contribution in [0.25, 0.3) is 0 Å². The van der Waals surface area contributed by atoms with Gasteiger partial charge in [-0.05, 0) is 0 Å². The first kappa shape index (κ1) is 6.09. The van der Waals surface area contributed by atoms with Crippen molar-refractivity contribution in [1.29, 1.82) is 0 Å². The van der Waals surface area contributed by atoms with Crippen LogP contribution in [0.15, 0.2) is 20.0 Å². The molecule has 5 nitrogen and oxygen atoms in total. The van der Waals surface area contributed by atoms with Crippen LogP contribution < -0.4 is 0 Å². The van der Waals surface area contributed by atoms with E-state index in [9.17, 15) is 4.79 Å². The van der Waals surface area contributed by atoms with E-state index in [-0.39, 0.29) is 11.9 Å². The zero-order valence-electron chi connectivity index (χ0n) is 5.51. The van der Waals surface area contributed by atoms with E-state index in [1.54, 1.807) is 6.21 Å². The fourth-order valence-electron chi connectivity index (χ4n) is 0.842. The van der Waals surface area contributed by atoms with Crippen molar-refractivity contribution >= 4 is 30.5 Å². The van der Waals surface area contributed by atoms with Crippen molar-refractivity contribution in [3.8, 4) is 0 Å². The molecule has 5 heteroatoms. The summed E-state index contributed by atoms with van der Waals surface area (Å²) in [5.74, 6) is 0.0659. The summed E-state index contributed by atoms with van der Waals surface area (Å²) < 4.78 is 0. The summed E-state index contributed by atoms with van der Waals surface area (Å²) in [7, 11) is 0. The van der Waals surface area contributed by atoms with Gasteiger partial charge in [0.1, 0.15) is 12.4 Å². The number of rotatable bonds is 0. The fraction of sp³-hybridized carbons (Fsp3) is 0.167. The number of carbonyl (C=O) groups is 1. The molecular formula is C6H4N4O. The zero-order valence-corrected chi connectivity index (χ0v) is 5.51. The zero-order chi connectivity index (χ0) is 7.68. The molecular weight excluding hydrogens is 144 g/mol. The highest BCUT2D eigenvalue weighted by molar-refractivity contribution is 6.33. The molecule has 1 amide bonds. The maximum atomic E-state index is 10.7. The lowest BCUT2D eigenvalue weighted by atomic mass is 10.2. The molecule has 2 aliphatic heterocycles. The van der Waals surface area contributed by atoms with E-state index in [1.165, 1.54) is 12.6 Å². The Labute approximate surface area is 62.3 Å². The Hall–Kier alpha value is -1.65. The molecule has 2 rings (SSSR count). The van der Waals surface area contributed by atoms with Gasteiger partial charge in [-0.2, -0.15) is 4.99 Å². The molecule has 0 aromatic rings. The van der Waals surface area contributed by atoms with Crippen molar-refractivity contribution < 1.29 is 4.79 Å². The second-order valence-electron chi connectivity index (χ2n) is 2.07. The molecule has 1 atom stereocenters. The summed E-state index contributed by atoms with van der Waals surface area (Å²) in [6.07, 6.45) is 4.12. The van der Waals surface area contributed by atoms with Gasteiger partial charge in [0, 0.05) is 6.21 Å². The van der Waals surface area contributed by atoms with Gasteiger partial charge in [-0.15, -0.1) is 0 Å². The fourth-order valence-corrected chi connectivity index (χ4v) is 0.842. The second-order valence-corrected chi connectivity index (χ2v) is 2.07. The Morgan fingerprint density at radius 2 is 2.36 bits per heavy atom. The first-order chi connectivity index (χ1) is 5.36. The molecule has 0 spiro atoms. The van der Waals surface area contributed by atoms with Crippen LogP contribution in [0.3, 0.4) is 0 Å². The second kappa shape index (κ2) is 2.19. The number of amidine groups is 1. The van der Waals surface area contributed by atoms with Crippen molar-refractivity contribution in [2.75, 3.05) is 0 Å². The smallest absolute Gasteiger partial charge is 0.270 e. The van der Waals surface area contributed by atoms with Gasteiger partial charge in [-0.25, -0.2) is 9.98 Å². The molecule has 2 heterocycles. The van der Waals surface area contributed by atoms with Crippen LogP contribution in [0.1, 0.15) is 0 Å². The lowest BCUT2D eigenvalue weighted by Gasteiger charge is -2.10. The van der Waals surface area contributed by atoms with Crippen molar-refractivity contribution in [1.82, 2.24) is 0 Å². The first-order valence-corrected chi connectivity index (χ1v) is 3.08. The summed E-state index contributed by atoms with van der Waals surface area (Å²) in [6.45, 7) is 0. The lowest BCUT2D eigenvalue weighted by Crippen LogP contribution is -2.27. The highest BCUT2D eigenvalue weighted by atomic mass is 16.1. The molecule has 0 aliphatic carbocycles. The molecule has 54 valence electrons. The SMILES string of the molecule is O=C1C=NC2C=NC=NC2=N1. The van der Waals surface area contributed by atoms with Crippen LogP contribution in [-0.2, 0) is 4.79 Å². The molecule has 0 saturated carbocycles. The predicted octanol–water partition coefficient (Wildman–Crippen LogP) is -0.523. The monoisotopic (exact) mass is 148 g/mol. The molecule has 0 aromatic heterocycles. The average Bonchev–Trinajstić information content (AvgIpc) is 2.04. The van der Waals surface area contributed by atoms with Crippen LogP contribution in [-0.4, -0.2) is 36.6 Å². The minimum Gasteiger partial charge on any atom is -0.270 e. The maximum absolute atomic E-state index is 10.7. The topological polar surface area (TPSA) is 66.5 Å². The number of hydrogen-bond acceptors (Lipinski definition) is 4. The van der Waals surface area contributed by atoms with E-state index in [2.05, 4.69) is 20.0 Å². The summed E-state index contributed by atoms with van der Waals surface area (Å²) in [4.78, 5) is 25.7. The third-order valence-corrected chi connectivity index (χ3v) is 1.32. The largest absolute Gasteiger partial charge is 0.289 e. The Morgan fingerprint density at radius 3 is 3.27 bits per heavy atom. The third-order valence-electron chi connectivity index (χ3n) is 1.32. The number of carbonyl (C=O) groups excluding carboxylic acids is 1. The van der Waals surface area contributed by atoms with Gasteiger partial charge >= 0.3 is 0 Å². The van der Waals surface area contributed by atoms with Crippen LogP contribution in [0.4, 0.5) is 0 Å². The number of nitrogens with zero attached hydrogens (tertiary/aromatic N) is 4. The molecule has 0 saturated heterocycles. The summed E-state index contributed by atoms with van der Waals surface area (Å²) in [5, 5.41) is 0. The summed E-state index contributed by atoms with van der Waals surface area (Å²) in [5.41, 5.74) is 0. The van der Waals surface area contributed by atoms with Crippen LogP contribution >= 0.6 is 0 Å². The van der Waals surface area contributed by atoms with Crippen LogP contribution in [0.2, 0.25) is 0 Å². The quantitative estimate of drug-likeness (QED) is 0.455. The molecule has 0 N–H and O–H groups in total. The predicted molar refractivity (Wildman–Crippen MR) is 41.7 cm³/mol. The maximum Gasteiger partial charge on any atom is 0.289 e. The van der Waals surface area contributed by atoms with Gasteiger partial charge in [0.2, 0.25) is 0 Å². The highest BCUT2D eigenvalue weighted by Crippen LogP contribution is 2.02. The molecule has 2 aliphatic rings. The minimum atomic E-state index is -0.358. The summed E-state index contributed by atoms with van der Waals surface area (Å²) in [6, 6.07) is -0.252. The van der Waals surface area contributed by atoms with Crippen molar-refractivity contribution in [3.63, 3.8) is 0 Å². The summed E-state index contributed by atoms with van der Waals surface area (Å²) >= 11 is 0. The van der Waals surface area contributed by atoms with E-state index in [0.717, 1.165) is 0 Å². The Morgan fingerprint density at radius 1 is 1.45 bits per heavy atom. The van der Waals surface area contributed by atoms with Gasteiger partial charge in [-0.3, -0.25) is 9.79 Å². The van der Waals surface area contributed by atoms with Crippen molar-refractivity contribution in [2.24, 2.45) is 20.0 Å². The number of hydrogen-bond donors (Lipinski definition) is 0. The first-order valence-electron chi connectivity index (χ1n) is 3.08. The van der Waals surface area contributed by atoms with Crippen LogP contribution in [0.5, 0.6) is 0 Å².